The number of sulfonamides is 1. The van der Waals surface area contributed by atoms with Gasteiger partial charge in [-0.1, -0.05) is 6.07 Å². The number of aryl methyl sites for hydroxylation is 2. The number of piperidine rings is 1. The standard InChI is InChI=1S/C14H22N2O3S.ClH/c1-10-8-11(2)14(13(9-10)19-3)20(17,18)16-12-4-6-15-7-5-12;/h8-9,12,15-16H,4-7H2,1-3H3;1H. The topological polar surface area (TPSA) is 67.4 Å². The van der Waals surface area contributed by atoms with Crippen molar-refractivity contribution in [3.05, 3.63) is 23.3 Å². The molecule has 21 heavy (non-hydrogen) atoms. The first kappa shape index (κ1) is 18.2. The fraction of sp³-hybridized carbons (Fsp3) is 0.571. The van der Waals surface area contributed by atoms with Crippen LogP contribution in [0.5, 0.6) is 5.75 Å². The molecule has 5 nitrogen and oxygen atoms in total. The van der Waals surface area contributed by atoms with Crippen molar-refractivity contribution in [2.45, 2.75) is 37.6 Å². The second-order valence-electron chi connectivity index (χ2n) is 5.26. The van der Waals surface area contributed by atoms with E-state index in [4.69, 9.17) is 4.74 Å². The van der Waals surface area contributed by atoms with Gasteiger partial charge in [0.2, 0.25) is 10.0 Å². The summed E-state index contributed by atoms with van der Waals surface area (Å²) in [6.45, 7) is 5.41. The summed E-state index contributed by atoms with van der Waals surface area (Å²) in [4.78, 5) is 0.254. The smallest absolute Gasteiger partial charge is 0.244 e. The number of benzene rings is 1. The lowest BCUT2D eigenvalue weighted by Crippen LogP contribution is -2.42. The molecule has 0 amide bonds. The van der Waals surface area contributed by atoms with Gasteiger partial charge in [0.15, 0.2) is 0 Å². The Morgan fingerprint density at radius 3 is 2.43 bits per heavy atom. The van der Waals surface area contributed by atoms with Crippen molar-refractivity contribution >= 4 is 22.4 Å². The summed E-state index contributed by atoms with van der Waals surface area (Å²) in [5, 5.41) is 3.22. The third-order valence-electron chi connectivity index (χ3n) is 3.53. The van der Waals surface area contributed by atoms with E-state index < -0.39 is 10.0 Å². The normalized spacial score (nSPS) is 16.3. The number of methoxy groups -OCH3 is 1. The number of ether oxygens (including phenoxy) is 1. The van der Waals surface area contributed by atoms with Crippen molar-refractivity contribution in [3.63, 3.8) is 0 Å². The van der Waals surface area contributed by atoms with Gasteiger partial charge in [-0.25, -0.2) is 13.1 Å². The number of hydrogen-bond donors (Lipinski definition) is 2. The van der Waals surface area contributed by atoms with Crippen LogP contribution in [-0.4, -0.2) is 34.7 Å². The number of rotatable bonds is 4. The predicted octanol–water partition coefficient (Wildman–Crippen LogP) is 1.76. The van der Waals surface area contributed by atoms with Crippen molar-refractivity contribution in [2.75, 3.05) is 20.2 Å². The molecule has 0 atom stereocenters. The predicted molar refractivity (Wildman–Crippen MR) is 85.9 cm³/mol. The Morgan fingerprint density at radius 2 is 1.86 bits per heavy atom. The van der Waals surface area contributed by atoms with Crippen LogP contribution < -0.4 is 14.8 Å². The fourth-order valence-corrected chi connectivity index (χ4v) is 4.31. The van der Waals surface area contributed by atoms with E-state index in [9.17, 15) is 8.42 Å². The van der Waals surface area contributed by atoms with Crippen LogP contribution in [0.3, 0.4) is 0 Å². The van der Waals surface area contributed by atoms with Crippen LogP contribution in [0, 0.1) is 13.8 Å². The van der Waals surface area contributed by atoms with E-state index in [0.29, 0.717) is 11.3 Å². The Bertz CT molecular complexity index is 584. The van der Waals surface area contributed by atoms with E-state index >= 15 is 0 Å². The van der Waals surface area contributed by atoms with Crippen LogP contribution in [0.25, 0.3) is 0 Å². The monoisotopic (exact) mass is 334 g/mol. The van der Waals surface area contributed by atoms with Crippen molar-refractivity contribution in [1.82, 2.24) is 10.0 Å². The quantitative estimate of drug-likeness (QED) is 0.880. The van der Waals surface area contributed by atoms with E-state index in [1.165, 1.54) is 7.11 Å². The van der Waals surface area contributed by atoms with E-state index in [1.807, 2.05) is 13.0 Å². The van der Waals surface area contributed by atoms with Gasteiger partial charge in [-0.15, -0.1) is 12.4 Å². The molecule has 2 rings (SSSR count). The summed E-state index contributed by atoms with van der Waals surface area (Å²) in [5.41, 5.74) is 1.70. The zero-order chi connectivity index (χ0) is 14.8. The maximum atomic E-state index is 12.6. The van der Waals surface area contributed by atoms with Gasteiger partial charge >= 0.3 is 0 Å². The largest absolute Gasteiger partial charge is 0.495 e. The van der Waals surface area contributed by atoms with Gasteiger partial charge in [0.1, 0.15) is 10.6 Å². The van der Waals surface area contributed by atoms with Crippen molar-refractivity contribution in [2.24, 2.45) is 0 Å². The molecule has 1 fully saturated rings. The summed E-state index contributed by atoms with van der Waals surface area (Å²) in [7, 11) is -2.06. The van der Waals surface area contributed by atoms with E-state index in [2.05, 4.69) is 10.0 Å². The molecule has 1 aromatic rings. The van der Waals surface area contributed by atoms with Crippen LogP contribution >= 0.6 is 12.4 Å². The van der Waals surface area contributed by atoms with Gasteiger partial charge in [-0.3, -0.25) is 0 Å². The van der Waals surface area contributed by atoms with Crippen molar-refractivity contribution in [1.29, 1.82) is 0 Å². The molecule has 0 spiro atoms. The summed E-state index contributed by atoms with van der Waals surface area (Å²) in [5.74, 6) is 0.406. The highest BCUT2D eigenvalue weighted by Crippen LogP contribution is 2.29. The molecule has 1 heterocycles. The van der Waals surface area contributed by atoms with E-state index in [1.54, 1.807) is 13.0 Å². The second kappa shape index (κ2) is 7.45. The molecule has 0 aliphatic carbocycles. The first-order valence-electron chi connectivity index (χ1n) is 6.82. The van der Waals surface area contributed by atoms with E-state index in [0.717, 1.165) is 31.5 Å². The summed E-state index contributed by atoms with van der Waals surface area (Å²) >= 11 is 0. The number of halogens is 1. The lowest BCUT2D eigenvalue weighted by molar-refractivity contribution is 0.398. The molecule has 0 aromatic heterocycles. The minimum Gasteiger partial charge on any atom is -0.495 e. The molecular weight excluding hydrogens is 312 g/mol. The lowest BCUT2D eigenvalue weighted by atomic mass is 10.1. The zero-order valence-electron chi connectivity index (χ0n) is 12.6. The third kappa shape index (κ3) is 4.32. The number of hydrogen-bond acceptors (Lipinski definition) is 4. The summed E-state index contributed by atoms with van der Waals surface area (Å²) in [6.07, 6.45) is 1.62. The number of nitrogens with one attached hydrogen (secondary N) is 2. The molecule has 7 heteroatoms. The fourth-order valence-electron chi connectivity index (χ4n) is 2.63. The van der Waals surface area contributed by atoms with Gasteiger partial charge in [-0.2, -0.15) is 0 Å². The van der Waals surface area contributed by atoms with Gasteiger partial charge in [0.05, 0.1) is 7.11 Å². The molecule has 0 saturated carbocycles. The molecule has 120 valence electrons. The Hall–Kier alpha value is -0.820. The first-order valence-corrected chi connectivity index (χ1v) is 8.30. The second-order valence-corrected chi connectivity index (χ2v) is 6.91. The molecule has 0 bridgehead atoms. The van der Waals surface area contributed by atoms with Crippen molar-refractivity contribution < 1.29 is 13.2 Å². The highest BCUT2D eigenvalue weighted by Gasteiger charge is 2.26. The highest BCUT2D eigenvalue weighted by molar-refractivity contribution is 7.89. The molecule has 1 aliphatic rings. The first-order chi connectivity index (χ1) is 9.44. The Kier molecular flexibility index (Phi) is 6.46. The van der Waals surface area contributed by atoms with Gasteiger partial charge < -0.3 is 10.1 Å². The van der Waals surface area contributed by atoms with Gasteiger partial charge in [0, 0.05) is 6.04 Å². The molecule has 2 N–H and O–H groups in total. The molecule has 0 radical (unpaired) electrons. The maximum absolute atomic E-state index is 12.6. The maximum Gasteiger partial charge on any atom is 0.244 e. The molecular formula is C14H23ClN2O3S. The zero-order valence-corrected chi connectivity index (χ0v) is 14.2. The van der Waals surface area contributed by atoms with Crippen LogP contribution in [-0.2, 0) is 10.0 Å². The van der Waals surface area contributed by atoms with Crippen LogP contribution in [0.4, 0.5) is 0 Å². The molecule has 0 unspecified atom stereocenters. The minimum absolute atomic E-state index is 0. The summed E-state index contributed by atoms with van der Waals surface area (Å²) < 4.78 is 33.3. The average Bonchev–Trinajstić information content (AvgIpc) is 2.37. The summed E-state index contributed by atoms with van der Waals surface area (Å²) in [6, 6.07) is 3.61. The van der Waals surface area contributed by atoms with E-state index in [-0.39, 0.29) is 23.3 Å². The Balaban J connectivity index is 0.00000220. The van der Waals surface area contributed by atoms with Crippen molar-refractivity contribution in [3.8, 4) is 5.75 Å². The van der Waals surface area contributed by atoms with Gasteiger partial charge in [0.25, 0.3) is 0 Å². The highest BCUT2D eigenvalue weighted by atomic mass is 35.5. The van der Waals surface area contributed by atoms with Crippen LogP contribution in [0.2, 0.25) is 0 Å². The Morgan fingerprint density at radius 1 is 1.24 bits per heavy atom. The Labute approximate surface area is 132 Å². The lowest BCUT2D eigenvalue weighted by Gasteiger charge is -2.24. The van der Waals surface area contributed by atoms with Crippen LogP contribution in [0.15, 0.2) is 17.0 Å². The molecule has 1 aliphatic heterocycles. The van der Waals surface area contributed by atoms with Crippen LogP contribution in [0.1, 0.15) is 24.0 Å². The average molecular weight is 335 g/mol. The SMILES string of the molecule is COc1cc(C)cc(C)c1S(=O)(=O)NC1CCNCC1.Cl. The minimum atomic E-state index is -3.55. The molecule has 1 aromatic carbocycles. The third-order valence-corrected chi connectivity index (χ3v) is 5.24. The van der Waals surface area contributed by atoms with Gasteiger partial charge in [-0.05, 0) is 57.0 Å². The molecule has 1 saturated heterocycles.